The van der Waals surface area contributed by atoms with Gasteiger partial charge in [0.25, 0.3) is 0 Å². The Kier molecular flexibility index (Phi) is 3.87. The van der Waals surface area contributed by atoms with Gasteiger partial charge in [0.2, 0.25) is 0 Å². The van der Waals surface area contributed by atoms with Crippen LogP contribution in [0.25, 0.3) is 0 Å². The molecule has 3 nitrogen and oxygen atoms in total. The van der Waals surface area contributed by atoms with Gasteiger partial charge in [-0.05, 0) is 32.6 Å². The SMILES string of the molecule is CCC(CC1CC1)Nc1nc(C)nc(Cl)c1C. The molecule has 0 amide bonds. The molecule has 0 saturated heterocycles. The Morgan fingerprint density at radius 1 is 1.35 bits per heavy atom. The van der Waals surface area contributed by atoms with Crippen LogP contribution in [0, 0.1) is 19.8 Å². The maximum atomic E-state index is 6.07. The number of rotatable bonds is 5. The lowest BCUT2D eigenvalue weighted by Gasteiger charge is -2.19. The highest BCUT2D eigenvalue weighted by Gasteiger charge is 2.25. The number of hydrogen-bond acceptors (Lipinski definition) is 3. The molecule has 17 heavy (non-hydrogen) atoms. The number of nitrogens with one attached hydrogen (secondary N) is 1. The lowest BCUT2D eigenvalue weighted by atomic mass is 10.1. The fraction of sp³-hybridized carbons (Fsp3) is 0.692. The summed E-state index contributed by atoms with van der Waals surface area (Å²) in [5.74, 6) is 2.55. The lowest BCUT2D eigenvalue weighted by molar-refractivity contribution is 0.584. The predicted molar refractivity (Wildman–Crippen MR) is 71.6 cm³/mol. The molecule has 0 bridgehead atoms. The second kappa shape index (κ2) is 5.21. The molecule has 2 rings (SSSR count). The molecule has 1 aliphatic carbocycles. The first-order chi connectivity index (χ1) is 8.10. The molecular weight excluding hydrogens is 234 g/mol. The summed E-state index contributed by atoms with van der Waals surface area (Å²) in [5.41, 5.74) is 0.950. The van der Waals surface area contributed by atoms with E-state index in [9.17, 15) is 0 Å². The van der Waals surface area contributed by atoms with Crippen molar-refractivity contribution in [3.63, 3.8) is 0 Å². The first-order valence-corrected chi connectivity index (χ1v) is 6.75. The van der Waals surface area contributed by atoms with Crippen molar-refractivity contribution in [2.24, 2.45) is 5.92 Å². The third-order valence-corrected chi connectivity index (χ3v) is 3.71. The van der Waals surface area contributed by atoms with Crippen LogP contribution < -0.4 is 5.32 Å². The predicted octanol–water partition coefficient (Wildman–Crippen LogP) is 3.74. The molecule has 1 atom stereocenters. The second-order valence-electron chi connectivity index (χ2n) is 4.96. The molecule has 1 N–H and O–H groups in total. The molecule has 1 aromatic rings. The Balaban J connectivity index is 2.09. The molecule has 0 spiro atoms. The third kappa shape index (κ3) is 3.32. The minimum Gasteiger partial charge on any atom is -0.367 e. The van der Waals surface area contributed by atoms with Crippen molar-refractivity contribution in [1.82, 2.24) is 9.97 Å². The Morgan fingerprint density at radius 3 is 2.65 bits per heavy atom. The number of hydrogen-bond donors (Lipinski definition) is 1. The van der Waals surface area contributed by atoms with Crippen molar-refractivity contribution in [3.8, 4) is 0 Å². The van der Waals surface area contributed by atoms with Crippen LogP contribution in [0.15, 0.2) is 0 Å². The van der Waals surface area contributed by atoms with Gasteiger partial charge in [0.05, 0.1) is 0 Å². The van der Waals surface area contributed by atoms with E-state index in [0.29, 0.717) is 11.2 Å². The molecule has 1 aromatic heterocycles. The van der Waals surface area contributed by atoms with Gasteiger partial charge >= 0.3 is 0 Å². The summed E-state index contributed by atoms with van der Waals surface area (Å²) in [7, 11) is 0. The van der Waals surface area contributed by atoms with E-state index >= 15 is 0 Å². The van der Waals surface area contributed by atoms with Gasteiger partial charge in [-0.1, -0.05) is 31.4 Å². The minimum absolute atomic E-state index is 0.506. The van der Waals surface area contributed by atoms with Gasteiger partial charge < -0.3 is 5.32 Å². The van der Waals surface area contributed by atoms with Crippen LogP contribution in [0.3, 0.4) is 0 Å². The zero-order chi connectivity index (χ0) is 12.4. The van der Waals surface area contributed by atoms with E-state index in [1.807, 2.05) is 13.8 Å². The molecule has 0 radical (unpaired) electrons. The largest absolute Gasteiger partial charge is 0.367 e. The van der Waals surface area contributed by atoms with Crippen LogP contribution in [-0.2, 0) is 0 Å². The second-order valence-corrected chi connectivity index (χ2v) is 5.32. The highest BCUT2D eigenvalue weighted by molar-refractivity contribution is 6.30. The van der Waals surface area contributed by atoms with Crippen LogP contribution in [0.1, 0.15) is 44.0 Å². The van der Waals surface area contributed by atoms with Gasteiger partial charge in [-0.25, -0.2) is 9.97 Å². The molecule has 4 heteroatoms. The fourth-order valence-corrected chi connectivity index (χ4v) is 2.22. The number of nitrogens with zero attached hydrogens (tertiary/aromatic N) is 2. The summed E-state index contributed by atoms with van der Waals surface area (Å²) in [6, 6.07) is 0.506. The standard InChI is InChI=1S/C13H20ClN3/c1-4-11(7-10-5-6-10)17-13-8(2)12(14)15-9(3)16-13/h10-11H,4-7H2,1-3H3,(H,15,16,17). The van der Waals surface area contributed by atoms with E-state index in [1.165, 1.54) is 19.3 Å². The van der Waals surface area contributed by atoms with Crippen molar-refractivity contribution in [2.45, 2.75) is 52.5 Å². The summed E-state index contributed by atoms with van der Waals surface area (Å²) in [6.45, 7) is 6.05. The van der Waals surface area contributed by atoms with E-state index in [4.69, 9.17) is 11.6 Å². The quantitative estimate of drug-likeness (QED) is 0.813. The monoisotopic (exact) mass is 253 g/mol. The van der Waals surface area contributed by atoms with Crippen LogP contribution in [0.2, 0.25) is 5.15 Å². The van der Waals surface area contributed by atoms with Crippen LogP contribution in [-0.4, -0.2) is 16.0 Å². The first kappa shape index (κ1) is 12.6. The third-order valence-electron chi connectivity index (χ3n) is 3.35. The van der Waals surface area contributed by atoms with E-state index in [1.54, 1.807) is 0 Å². The van der Waals surface area contributed by atoms with E-state index in [0.717, 1.165) is 29.5 Å². The van der Waals surface area contributed by atoms with Gasteiger partial charge in [0.15, 0.2) is 0 Å². The molecule has 1 fully saturated rings. The van der Waals surface area contributed by atoms with Crippen LogP contribution in [0.4, 0.5) is 5.82 Å². The lowest BCUT2D eigenvalue weighted by Crippen LogP contribution is -2.21. The van der Waals surface area contributed by atoms with Gasteiger partial charge in [0.1, 0.15) is 16.8 Å². The maximum absolute atomic E-state index is 6.07. The average Bonchev–Trinajstić information content (AvgIpc) is 3.08. The molecule has 94 valence electrons. The summed E-state index contributed by atoms with van der Waals surface area (Å²) < 4.78 is 0. The van der Waals surface area contributed by atoms with Crippen molar-refractivity contribution < 1.29 is 0 Å². The van der Waals surface area contributed by atoms with Gasteiger partial charge in [-0.15, -0.1) is 0 Å². The zero-order valence-corrected chi connectivity index (χ0v) is 11.5. The molecule has 1 aliphatic rings. The number of aryl methyl sites for hydroxylation is 1. The Morgan fingerprint density at radius 2 is 2.06 bits per heavy atom. The minimum atomic E-state index is 0.506. The first-order valence-electron chi connectivity index (χ1n) is 6.37. The highest BCUT2D eigenvalue weighted by atomic mass is 35.5. The van der Waals surface area contributed by atoms with Gasteiger partial charge in [0, 0.05) is 11.6 Å². The van der Waals surface area contributed by atoms with Crippen LogP contribution >= 0.6 is 11.6 Å². The zero-order valence-electron chi connectivity index (χ0n) is 10.8. The molecule has 1 unspecified atom stereocenters. The number of aromatic nitrogens is 2. The Bertz CT molecular complexity index is 402. The smallest absolute Gasteiger partial charge is 0.137 e. The van der Waals surface area contributed by atoms with Crippen molar-refractivity contribution in [2.75, 3.05) is 5.32 Å². The van der Waals surface area contributed by atoms with Crippen LogP contribution in [0.5, 0.6) is 0 Å². The van der Waals surface area contributed by atoms with Crippen molar-refractivity contribution in [1.29, 1.82) is 0 Å². The summed E-state index contributed by atoms with van der Waals surface area (Å²) in [6.07, 6.45) is 5.15. The normalized spacial score (nSPS) is 16.9. The summed E-state index contributed by atoms with van der Waals surface area (Å²) in [4.78, 5) is 8.60. The Labute approximate surface area is 108 Å². The molecule has 0 aliphatic heterocycles. The molecule has 1 saturated carbocycles. The number of anilines is 1. The molecule has 1 heterocycles. The molecular formula is C13H20ClN3. The summed E-state index contributed by atoms with van der Waals surface area (Å²) >= 11 is 6.07. The van der Waals surface area contributed by atoms with Crippen molar-refractivity contribution in [3.05, 3.63) is 16.5 Å². The van der Waals surface area contributed by atoms with E-state index < -0.39 is 0 Å². The topological polar surface area (TPSA) is 37.8 Å². The Hall–Kier alpha value is -0.830. The molecule has 0 aromatic carbocycles. The fourth-order valence-electron chi connectivity index (χ4n) is 2.01. The van der Waals surface area contributed by atoms with Gasteiger partial charge in [-0.3, -0.25) is 0 Å². The maximum Gasteiger partial charge on any atom is 0.137 e. The van der Waals surface area contributed by atoms with Gasteiger partial charge in [-0.2, -0.15) is 0 Å². The van der Waals surface area contributed by atoms with E-state index in [2.05, 4.69) is 22.2 Å². The summed E-state index contributed by atoms with van der Waals surface area (Å²) in [5, 5.41) is 4.07. The van der Waals surface area contributed by atoms with Crippen molar-refractivity contribution >= 4 is 17.4 Å². The number of halogens is 1. The highest BCUT2D eigenvalue weighted by Crippen LogP contribution is 2.35. The average molecular weight is 254 g/mol. The van der Waals surface area contributed by atoms with E-state index in [-0.39, 0.29) is 0 Å².